The topological polar surface area (TPSA) is 72.5 Å². The quantitative estimate of drug-likeness (QED) is 0.887. The lowest BCUT2D eigenvalue weighted by atomic mass is 10.1. The van der Waals surface area contributed by atoms with Gasteiger partial charge in [-0.25, -0.2) is 0 Å². The number of aromatic amines is 1. The number of carbonyl (C=O) groups excluding carboxylic acids is 1. The third-order valence-corrected chi connectivity index (χ3v) is 4.49. The fraction of sp³-hybridized carbons (Fsp3) is 0.500. The van der Waals surface area contributed by atoms with Crippen molar-refractivity contribution in [3.8, 4) is 0 Å². The molecule has 1 aliphatic heterocycles. The van der Waals surface area contributed by atoms with Gasteiger partial charge in [-0.05, 0) is 24.6 Å². The summed E-state index contributed by atoms with van der Waals surface area (Å²) in [5.41, 5.74) is 1.65. The highest BCUT2D eigenvalue weighted by Crippen LogP contribution is 2.16. The third kappa shape index (κ3) is 2.84. The summed E-state index contributed by atoms with van der Waals surface area (Å²) < 4.78 is 0. The highest BCUT2D eigenvalue weighted by Gasteiger charge is 2.25. The summed E-state index contributed by atoms with van der Waals surface area (Å²) in [5, 5.41) is 17.2. The number of aromatic nitrogens is 2. The molecule has 0 bridgehead atoms. The summed E-state index contributed by atoms with van der Waals surface area (Å²) >= 11 is 0. The van der Waals surface area contributed by atoms with Gasteiger partial charge < -0.3 is 10.0 Å². The molecular weight excluding hydrogens is 280 g/mol. The van der Waals surface area contributed by atoms with E-state index >= 15 is 0 Å². The number of H-pyrrole nitrogens is 1. The summed E-state index contributed by atoms with van der Waals surface area (Å²) in [7, 11) is 0. The van der Waals surface area contributed by atoms with Gasteiger partial charge in [0, 0.05) is 43.2 Å². The zero-order valence-corrected chi connectivity index (χ0v) is 12.8. The van der Waals surface area contributed by atoms with Crippen LogP contribution in [0.4, 0.5) is 0 Å². The average Bonchev–Trinajstić information content (AvgIpc) is 3.03. The number of fused-ring (bicyclic) bond motifs is 1. The largest absolute Gasteiger partial charge is 0.395 e. The zero-order valence-electron chi connectivity index (χ0n) is 12.8. The Hall–Kier alpha value is -1.92. The molecule has 1 fully saturated rings. The summed E-state index contributed by atoms with van der Waals surface area (Å²) in [6.45, 7) is 5.31. The van der Waals surface area contributed by atoms with E-state index in [4.69, 9.17) is 0 Å². The van der Waals surface area contributed by atoms with Crippen LogP contribution in [0, 0.1) is 0 Å². The Labute approximate surface area is 129 Å². The van der Waals surface area contributed by atoms with E-state index in [2.05, 4.69) is 22.0 Å². The Bertz CT molecular complexity index is 642. The number of amides is 1. The van der Waals surface area contributed by atoms with E-state index in [1.807, 2.05) is 23.1 Å². The maximum absolute atomic E-state index is 12.6. The van der Waals surface area contributed by atoms with E-state index in [9.17, 15) is 9.90 Å². The van der Waals surface area contributed by atoms with Gasteiger partial charge in [0.15, 0.2) is 0 Å². The van der Waals surface area contributed by atoms with Crippen molar-refractivity contribution in [1.29, 1.82) is 0 Å². The predicted octanol–water partition coefficient (Wildman–Crippen LogP) is 1.09. The predicted molar refractivity (Wildman–Crippen MR) is 84.7 cm³/mol. The second kappa shape index (κ2) is 6.46. The van der Waals surface area contributed by atoms with Crippen molar-refractivity contribution < 1.29 is 9.90 Å². The van der Waals surface area contributed by atoms with E-state index in [0.29, 0.717) is 18.7 Å². The SMILES string of the molecule is CCC(CO)N1CCN(C(=O)c2ccc3[nH]ncc3c2)CC1. The van der Waals surface area contributed by atoms with Gasteiger partial charge in [0.2, 0.25) is 0 Å². The number of aliphatic hydroxyl groups excluding tert-OH is 1. The smallest absolute Gasteiger partial charge is 0.253 e. The molecule has 1 saturated heterocycles. The van der Waals surface area contributed by atoms with Crippen molar-refractivity contribution in [3.63, 3.8) is 0 Å². The Morgan fingerprint density at radius 2 is 2.14 bits per heavy atom. The van der Waals surface area contributed by atoms with Crippen molar-refractivity contribution in [3.05, 3.63) is 30.0 Å². The summed E-state index contributed by atoms with van der Waals surface area (Å²) in [5.74, 6) is 0.0693. The molecule has 3 rings (SSSR count). The first kappa shape index (κ1) is 15.0. The Morgan fingerprint density at radius 3 is 2.82 bits per heavy atom. The number of hydrogen-bond donors (Lipinski definition) is 2. The van der Waals surface area contributed by atoms with Crippen LogP contribution < -0.4 is 0 Å². The van der Waals surface area contributed by atoms with Gasteiger partial charge in [-0.1, -0.05) is 6.92 Å². The van der Waals surface area contributed by atoms with Gasteiger partial charge in [-0.3, -0.25) is 14.8 Å². The highest BCUT2D eigenvalue weighted by molar-refractivity contribution is 5.97. The van der Waals surface area contributed by atoms with Crippen LogP contribution in [0.1, 0.15) is 23.7 Å². The van der Waals surface area contributed by atoms with Crippen molar-refractivity contribution >= 4 is 16.8 Å². The molecule has 1 aliphatic rings. The van der Waals surface area contributed by atoms with Gasteiger partial charge in [-0.2, -0.15) is 5.10 Å². The van der Waals surface area contributed by atoms with E-state index in [0.717, 1.165) is 30.4 Å². The maximum atomic E-state index is 12.6. The molecule has 1 aromatic heterocycles. The van der Waals surface area contributed by atoms with Crippen molar-refractivity contribution in [1.82, 2.24) is 20.0 Å². The van der Waals surface area contributed by atoms with Gasteiger partial charge in [0.1, 0.15) is 0 Å². The maximum Gasteiger partial charge on any atom is 0.253 e. The molecule has 0 aliphatic carbocycles. The number of nitrogens with zero attached hydrogens (tertiary/aromatic N) is 3. The van der Waals surface area contributed by atoms with E-state index < -0.39 is 0 Å². The summed E-state index contributed by atoms with van der Waals surface area (Å²) in [6, 6.07) is 5.83. The van der Waals surface area contributed by atoms with Crippen molar-refractivity contribution in [2.75, 3.05) is 32.8 Å². The molecule has 6 nitrogen and oxygen atoms in total. The number of rotatable bonds is 4. The molecular formula is C16H22N4O2. The average molecular weight is 302 g/mol. The van der Waals surface area contributed by atoms with Crippen LogP contribution in [0.2, 0.25) is 0 Å². The molecule has 22 heavy (non-hydrogen) atoms. The van der Waals surface area contributed by atoms with Crippen LogP contribution in [-0.2, 0) is 0 Å². The standard InChI is InChI=1S/C16H22N4O2/c1-2-14(11-21)19-5-7-20(8-6-19)16(22)12-3-4-15-13(9-12)10-17-18-15/h3-4,9-10,14,21H,2,5-8,11H2,1H3,(H,17,18). The molecule has 0 spiro atoms. The minimum absolute atomic E-state index is 0.0693. The van der Waals surface area contributed by atoms with Gasteiger partial charge >= 0.3 is 0 Å². The molecule has 2 aromatic rings. The normalized spacial score (nSPS) is 17.8. The molecule has 2 N–H and O–H groups in total. The van der Waals surface area contributed by atoms with Gasteiger partial charge in [-0.15, -0.1) is 0 Å². The fourth-order valence-corrected chi connectivity index (χ4v) is 3.05. The summed E-state index contributed by atoms with van der Waals surface area (Å²) in [4.78, 5) is 16.8. The number of aliphatic hydroxyl groups is 1. The number of piperazine rings is 1. The van der Waals surface area contributed by atoms with Gasteiger partial charge in [0.25, 0.3) is 5.91 Å². The fourth-order valence-electron chi connectivity index (χ4n) is 3.05. The minimum atomic E-state index is 0.0693. The Balaban J connectivity index is 1.66. The molecule has 1 atom stereocenters. The number of hydrogen-bond acceptors (Lipinski definition) is 4. The van der Waals surface area contributed by atoms with Gasteiger partial charge in [0.05, 0.1) is 18.3 Å². The molecule has 118 valence electrons. The van der Waals surface area contributed by atoms with E-state index in [1.54, 1.807) is 6.20 Å². The van der Waals surface area contributed by atoms with Crippen LogP contribution in [0.5, 0.6) is 0 Å². The molecule has 1 aromatic carbocycles. The van der Waals surface area contributed by atoms with Crippen LogP contribution in [0.25, 0.3) is 10.9 Å². The molecule has 0 radical (unpaired) electrons. The van der Waals surface area contributed by atoms with Crippen LogP contribution in [0.15, 0.2) is 24.4 Å². The monoisotopic (exact) mass is 302 g/mol. The van der Waals surface area contributed by atoms with Crippen LogP contribution in [0.3, 0.4) is 0 Å². The number of benzene rings is 1. The first-order chi connectivity index (χ1) is 10.7. The zero-order chi connectivity index (χ0) is 15.5. The lowest BCUT2D eigenvalue weighted by Crippen LogP contribution is -2.52. The lowest BCUT2D eigenvalue weighted by molar-refractivity contribution is 0.0472. The van der Waals surface area contributed by atoms with Crippen LogP contribution >= 0.6 is 0 Å². The van der Waals surface area contributed by atoms with E-state index in [-0.39, 0.29) is 18.6 Å². The summed E-state index contributed by atoms with van der Waals surface area (Å²) in [6.07, 6.45) is 2.67. The molecule has 6 heteroatoms. The first-order valence-corrected chi connectivity index (χ1v) is 7.80. The number of nitrogens with one attached hydrogen (secondary N) is 1. The third-order valence-electron chi connectivity index (χ3n) is 4.49. The highest BCUT2D eigenvalue weighted by atomic mass is 16.3. The Morgan fingerprint density at radius 1 is 1.36 bits per heavy atom. The molecule has 1 unspecified atom stereocenters. The molecule has 1 amide bonds. The minimum Gasteiger partial charge on any atom is -0.395 e. The number of carbonyl (C=O) groups is 1. The Kier molecular flexibility index (Phi) is 4.40. The molecule has 0 saturated carbocycles. The first-order valence-electron chi connectivity index (χ1n) is 7.80. The van der Waals surface area contributed by atoms with E-state index in [1.165, 1.54) is 0 Å². The molecule has 2 heterocycles. The second-order valence-corrected chi connectivity index (χ2v) is 5.74. The van der Waals surface area contributed by atoms with Crippen LogP contribution in [-0.4, -0.2) is 69.8 Å². The second-order valence-electron chi connectivity index (χ2n) is 5.74. The van der Waals surface area contributed by atoms with Crippen molar-refractivity contribution in [2.45, 2.75) is 19.4 Å². The van der Waals surface area contributed by atoms with Crippen molar-refractivity contribution in [2.24, 2.45) is 0 Å². The lowest BCUT2D eigenvalue weighted by Gasteiger charge is -2.38.